The Morgan fingerprint density at radius 3 is 2.52 bits per heavy atom. The molecule has 0 aromatic heterocycles. The van der Waals surface area contributed by atoms with Crippen LogP contribution in [0.2, 0.25) is 0 Å². The fraction of sp³-hybridized carbons (Fsp3) is 0.632. The summed E-state index contributed by atoms with van der Waals surface area (Å²) >= 11 is 6.84. The van der Waals surface area contributed by atoms with Crippen LogP contribution in [0.25, 0.3) is 0 Å². The Bertz CT molecular complexity index is 574. The monoisotopic (exact) mass is 333 g/mol. The Kier molecular flexibility index (Phi) is 3.79. The maximum atomic E-state index is 12.1. The average molecular weight is 334 g/mol. The predicted octanol–water partition coefficient (Wildman–Crippen LogP) is 3.76. The van der Waals surface area contributed by atoms with Gasteiger partial charge in [-0.25, -0.2) is 0 Å². The number of para-hydroxylation sites is 1. The van der Waals surface area contributed by atoms with Gasteiger partial charge in [0, 0.05) is 11.4 Å². The van der Waals surface area contributed by atoms with E-state index in [1.807, 2.05) is 30.3 Å². The molecule has 1 aromatic carbocycles. The van der Waals surface area contributed by atoms with Crippen molar-refractivity contribution in [1.29, 1.82) is 0 Å². The van der Waals surface area contributed by atoms with Crippen molar-refractivity contribution in [2.24, 2.45) is 17.3 Å². The van der Waals surface area contributed by atoms with Crippen LogP contribution in [0, 0.1) is 17.3 Å². The summed E-state index contributed by atoms with van der Waals surface area (Å²) in [5.74, 6) is 2.24. The molecule has 4 bridgehead atoms. The summed E-state index contributed by atoms with van der Waals surface area (Å²) in [5, 5.41) is 3.10. The summed E-state index contributed by atoms with van der Waals surface area (Å²) in [5.41, 5.74) is 0.230. The first-order valence-electron chi connectivity index (χ1n) is 8.68. The van der Waals surface area contributed by atoms with Gasteiger partial charge in [0.15, 0.2) is 6.61 Å². The maximum absolute atomic E-state index is 12.1. The molecule has 4 aliphatic rings. The third-order valence-corrected chi connectivity index (χ3v) is 6.33. The summed E-state index contributed by atoms with van der Waals surface area (Å²) in [6.07, 6.45) is 7.24. The van der Waals surface area contributed by atoms with Crippen molar-refractivity contribution in [3.05, 3.63) is 30.3 Å². The highest BCUT2D eigenvalue weighted by molar-refractivity contribution is 6.24. The van der Waals surface area contributed by atoms with Crippen molar-refractivity contribution in [1.82, 2.24) is 5.32 Å². The largest absolute Gasteiger partial charge is 0.484 e. The molecule has 0 aliphatic heterocycles. The fourth-order valence-electron chi connectivity index (χ4n) is 5.55. The van der Waals surface area contributed by atoms with E-state index in [2.05, 4.69) is 5.32 Å². The zero-order valence-electron chi connectivity index (χ0n) is 13.4. The number of benzene rings is 1. The quantitative estimate of drug-likeness (QED) is 0.833. The summed E-state index contributed by atoms with van der Waals surface area (Å²) in [6.45, 7) is 0.838. The number of carbonyl (C=O) groups excluding carboxylic acids is 1. The number of hydrogen-bond donors (Lipinski definition) is 1. The smallest absolute Gasteiger partial charge is 0.257 e. The molecule has 1 aromatic rings. The third kappa shape index (κ3) is 3.21. The Labute approximate surface area is 142 Å². The number of nitrogens with one attached hydrogen (secondary N) is 1. The summed E-state index contributed by atoms with van der Waals surface area (Å²) in [7, 11) is 0. The van der Waals surface area contributed by atoms with Gasteiger partial charge < -0.3 is 10.1 Å². The van der Waals surface area contributed by atoms with Crippen molar-refractivity contribution in [3.8, 4) is 5.75 Å². The zero-order valence-corrected chi connectivity index (χ0v) is 14.1. The number of rotatable bonds is 5. The first-order chi connectivity index (χ1) is 11.0. The van der Waals surface area contributed by atoms with Gasteiger partial charge in [-0.1, -0.05) is 18.2 Å². The Morgan fingerprint density at radius 2 is 1.87 bits per heavy atom. The van der Waals surface area contributed by atoms with Gasteiger partial charge in [0.05, 0.1) is 0 Å². The lowest BCUT2D eigenvalue weighted by Gasteiger charge is -2.60. The highest BCUT2D eigenvalue weighted by atomic mass is 35.5. The van der Waals surface area contributed by atoms with Gasteiger partial charge in [0.1, 0.15) is 5.75 Å². The molecule has 3 nitrogen and oxygen atoms in total. The molecular formula is C19H24ClNO2. The molecule has 4 aliphatic carbocycles. The van der Waals surface area contributed by atoms with Crippen molar-refractivity contribution < 1.29 is 9.53 Å². The van der Waals surface area contributed by atoms with E-state index in [9.17, 15) is 4.79 Å². The van der Waals surface area contributed by atoms with E-state index in [-0.39, 0.29) is 22.8 Å². The van der Waals surface area contributed by atoms with E-state index >= 15 is 0 Å². The molecule has 4 atom stereocenters. The SMILES string of the molecule is O=C(COc1ccccc1)NCC12C[C@@H]3C[C@@H](CC(Cl)(C3)C1)C2. The van der Waals surface area contributed by atoms with Crippen LogP contribution in [-0.2, 0) is 4.79 Å². The van der Waals surface area contributed by atoms with Crippen LogP contribution in [0.1, 0.15) is 38.5 Å². The second kappa shape index (κ2) is 5.70. The lowest BCUT2D eigenvalue weighted by Crippen LogP contribution is -2.56. The van der Waals surface area contributed by atoms with Gasteiger partial charge in [-0.05, 0) is 67.9 Å². The van der Waals surface area contributed by atoms with Gasteiger partial charge >= 0.3 is 0 Å². The Morgan fingerprint density at radius 1 is 1.17 bits per heavy atom. The summed E-state index contributed by atoms with van der Waals surface area (Å²) in [4.78, 5) is 12.1. The van der Waals surface area contributed by atoms with Crippen molar-refractivity contribution in [2.45, 2.75) is 43.4 Å². The maximum Gasteiger partial charge on any atom is 0.257 e. The van der Waals surface area contributed by atoms with Crippen molar-refractivity contribution in [2.75, 3.05) is 13.2 Å². The van der Waals surface area contributed by atoms with E-state index in [0.717, 1.165) is 30.6 Å². The number of ether oxygens (including phenoxy) is 1. The average Bonchev–Trinajstić information content (AvgIpc) is 2.50. The number of carbonyl (C=O) groups is 1. The third-order valence-electron chi connectivity index (χ3n) is 5.88. The van der Waals surface area contributed by atoms with E-state index in [1.165, 1.54) is 32.1 Å². The molecule has 4 heteroatoms. The first kappa shape index (κ1) is 15.3. The molecule has 1 N–H and O–H groups in total. The molecule has 2 unspecified atom stereocenters. The second-order valence-electron chi connectivity index (χ2n) is 7.99. The standard InChI is InChI=1S/C19H24ClNO2/c20-19-9-14-6-15(10-19)8-18(7-14,12-19)13-21-17(22)11-23-16-4-2-1-3-5-16/h1-5,14-15H,6-13H2,(H,21,22)/t14-,15+,18?,19?. The van der Waals surface area contributed by atoms with Crippen molar-refractivity contribution in [3.63, 3.8) is 0 Å². The van der Waals surface area contributed by atoms with Gasteiger partial charge in [-0.2, -0.15) is 0 Å². The van der Waals surface area contributed by atoms with Gasteiger partial charge in [0.2, 0.25) is 0 Å². The lowest BCUT2D eigenvalue weighted by atomic mass is 9.49. The summed E-state index contributed by atoms with van der Waals surface area (Å²) < 4.78 is 5.52. The molecule has 0 heterocycles. The topological polar surface area (TPSA) is 38.3 Å². The van der Waals surface area contributed by atoms with E-state index < -0.39 is 0 Å². The van der Waals surface area contributed by atoms with Gasteiger partial charge in [-0.3, -0.25) is 4.79 Å². The number of amides is 1. The lowest BCUT2D eigenvalue weighted by molar-refractivity contribution is -0.125. The summed E-state index contributed by atoms with van der Waals surface area (Å²) in [6, 6.07) is 9.47. The minimum absolute atomic E-state index is 0.00928. The molecular weight excluding hydrogens is 310 g/mol. The van der Waals surface area contributed by atoms with Gasteiger partial charge in [0.25, 0.3) is 5.91 Å². The minimum Gasteiger partial charge on any atom is -0.484 e. The predicted molar refractivity (Wildman–Crippen MR) is 90.6 cm³/mol. The normalized spacial score (nSPS) is 37.6. The molecule has 0 radical (unpaired) electrons. The van der Waals surface area contributed by atoms with E-state index in [1.54, 1.807) is 0 Å². The molecule has 5 rings (SSSR count). The number of halogens is 1. The molecule has 4 saturated carbocycles. The number of alkyl halides is 1. The Balaban J connectivity index is 1.31. The van der Waals surface area contributed by atoms with E-state index in [4.69, 9.17) is 16.3 Å². The molecule has 0 spiro atoms. The molecule has 23 heavy (non-hydrogen) atoms. The van der Waals surface area contributed by atoms with Crippen LogP contribution >= 0.6 is 11.6 Å². The van der Waals surface area contributed by atoms with Crippen LogP contribution in [-0.4, -0.2) is 23.9 Å². The van der Waals surface area contributed by atoms with Gasteiger partial charge in [-0.15, -0.1) is 11.6 Å². The molecule has 1 amide bonds. The van der Waals surface area contributed by atoms with Crippen LogP contribution in [0.15, 0.2) is 30.3 Å². The fourth-order valence-corrected chi connectivity index (χ4v) is 6.27. The molecule has 0 saturated heterocycles. The molecule has 124 valence electrons. The minimum atomic E-state index is -0.0341. The van der Waals surface area contributed by atoms with Crippen LogP contribution in [0.4, 0.5) is 0 Å². The highest BCUT2D eigenvalue weighted by Crippen LogP contribution is 2.63. The second-order valence-corrected chi connectivity index (χ2v) is 8.79. The molecule has 4 fully saturated rings. The zero-order chi connectivity index (χ0) is 15.9. The first-order valence-corrected chi connectivity index (χ1v) is 9.06. The van der Waals surface area contributed by atoms with Crippen molar-refractivity contribution >= 4 is 17.5 Å². The Hall–Kier alpha value is -1.22. The highest BCUT2D eigenvalue weighted by Gasteiger charge is 2.56. The van der Waals surface area contributed by atoms with Crippen LogP contribution in [0.5, 0.6) is 5.75 Å². The number of hydrogen-bond acceptors (Lipinski definition) is 2. The van der Waals surface area contributed by atoms with E-state index in [0.29, 0.717) is 0 Å². The van der Waals surface area contributed by atoms with Crippen LogP contribution in [0.3, 0.4) is 0 Å². The van der Waals surface area contributed by atoms with Crippen LogP contribution < -0.4 is 10.1 Å².